The third-order valence-corrected chi connectivity index (χ3v) is 64.9. The maximum absolute atomic E-state index is 9.08. The summed E-state index contributed by atoms with van der Waals surface area (Å²) in [6.07, 6.45) is 9.19. The van der Waals surface area contributed by atoms with E-state index in [-0.39, 0.29) is 18.1 Å². The van der Waals surface area contributed by atoms with Gasteiger partial charge in [-0.1, -0.05) is 0 Å². The van der Waals surface area contributed by atoms with Gasteiger partial charge in [-0.05, 0) is 0 Å². The van der Waals surface area contributed by atoms with Crippen molar-refractivity contribution in [3.8, 4) is 22.3 Å². The molecule has 4 heteroatoms. The van der Waals surface area contributed by atoms with Gasteiger partial charge < -0.3 is 0 Å². The Balaban J connectivity index is 1.73. The second-order valence-corrected chi connectivity index (χ2v) is 62.9. The number of rotatable bonds is 11. The number of hydrogen-bond acceptors (Lipinski definition) is 0. The summed E-state index contributed by atoms with van der Waals surface area (Å²) < 4.78 is 0.121. The summed E-state index contributed by atoms with van der Waals surface area (Å²) in [4.78, 5) is 0. The van der Waals surface area contributed by atoms with E-state index in [2.05, 4.69) is 181 Å². The maximum atomic E-state index is 9.08. The Morgan fingerprint density at radius 1 is 0.571 bits per heavy atom. The average Bonchev–Trinajstić information content (AvgIpc) is 3.68. The van der Waals surface area contributed by atoms with Crippen molar-refractivity contribution in [3.05, 3.63) is 128 Å². The van der Waals surface area contributed by atoms with Gasteiger partial charge in [0.1, 0.15) is 0 Å². The number of hydrogen-bond donors (Lipinski definition) is 0. The third kappa shape index (κ3) is 7.55. The van der Waals surface area contributed by atoms with Crippen LogP contribution in [-0.4, -0.2) is 5.92 Å². The monoisotopic (exact) mass is 881 g/mol. The van der Waals surface area contributed by atoms with E-state index in [1.54, 1.807) is 0 Å². The molecule has 2 unspecified atom stereocenters. The van der Waals surface area contributed by atoms with Gasteiger partial charge in [0.25, 0.3) is 0 Å². The molecule has 56 heavy (non-hydrogen) atoms. The normalized spacial score (nSPS) is 17.9. The number of benzene rings is 4. The Labute approximate surface area is 350 Å². The molecule has 299 valence electrons. The van der Waals surface area contributed by atoms with Crippen molar-refractivity contribution >= 4 is 35.1 Å². The zero-order chi connectivity index (χ0) is 41.1. The van der Waals surface area contributed by atoms with E-state index < -0.39 is 21.5 Å². The van der Waals surface area contributed by atoms with E-state index >= 15 is 0 Å². The molecule has 2 atom stereocenters. The van der Waals surface area contributed by atoms with E-state index in [9.17, 15) is 0 Å². The van der Waals surface area contributed by atoms with E-state index in [1.165, 1.54) is 77.9 Å². The topological polar surface area (TPSA) is 0 Å². The minimum absolute atomic E-state index is 0.0321. The fraction of sp³-hybridized carbons (Fsp3) is 0.462. The standard InChI is InChI=1S/2C25H31.C2H7Si.2ClH.Zr/c2*1-7-19-10-8-9-11-21(19)24-22-16-18(14-17(2)3)15-20(22)12-13-23(24)25(4,5)6;1-3-2;;;/h2*8-13,15-17H,7,14H2,1-6H3;3H,1-2H3;2*1H;/q;;;;;+2/p-2. The predicted molar refractivity (Wildman–Crippen MR) is 251 cm³/mol. The van der Waals surface area contributed by atoms with Gasteiger partial charge in [0.05, 0.1) is 0 Å². The van der Waals surface area contributed by atoms with Crippen LogP contribution in [0, 0.1) is 11.8 Å². The molecule has 0 saturated heterocycles. The molecular weight excluding hydrogens is 815 g/mol. The van der Waals surface area contributed by atoms with Crippen molar-refractivity contribution in [1.82, 2.24) is 0 Å². The van der Waals surface area contributed by atoms with Crippen LogP contribution in [0.5, 0.6) is 0 Å². The van der Waals surface area contributed by atoms with Gasteiger partial charge in [-0.3, -0.25) is 0 Å². The van der Waals surface area contributed by atoms with E-state index in [1.807, 2.05) is 0 Å². The first-order valence-corrected chi connectivity index (χ1v) is 38.0. The van der Waals surface area contributed by atoms with Crippen LogP contribution in [0.1, 0.15) is 148 Å². The first kappa shape index (κ1) is 43.6. The van der Waals surface area contributed by atoms with E-state index in [4.69, 9.17) is 17.0 Å². The van der Waals surface area contributed by atoms with Gasteiger partial charge in [-0.2, -0.15) is 0 Å². The molecule has 0 N–H and O–H groups in total. The molecule has 4 aromatic rings. The molecule has 0 amide bonds. The van der Waals surface area contributed by atoms with Gasteiger partial charge in [0.15, 0.2) is 0 Å². The van der Waals surface area contributed by atoms with Crippen molar-refractivity contribution in [2.75, 3.05) is 0 Å². The molecule has 0 fully saturated rings. The molecule has 0 spiro atoms. The zero-order valence-corrected chi connectivity index (χ0v) is 42.2. The van der Waals surface area contributed by atoms with Crippen LogP contribution in [0.25, 0.3) is 34.4 Å². The molecule has 0 aliphatic heterocycles. The molecule has 0 heterocycles. The van der Waals surface area contributed by atoms with Crippen LogP contribution >= 0.6 is 17.0 Å². The molecule has 6 rings (SSSR count). The van der Waals surface area contributed by atoms with Crippen LogP contribution in [-0.2, 0) is 39.2 Å². The fourth-order valence-corrected chi connectivity index (χ4v) is 41.8. The van der Waals surface area contributed by atoms with Gasteiger partial charge in [0.2, 0.25) is 0 Å². The Kier molecular flexibility index (Phi) is 12.4. The van der Waals surface area contributed by atoms with Crippen molar-refractivity contribution in [3.63, 3.8) is 0 Å². The molecule has 2 aliphatic carbocycles. The molecule has 0 aromatic heterocycles. The third-order valence-electron chi connectivity index (χ3n) is 13.0. The van der Waals surface area contributed by atoms with Crippen molar-refractivity contribution in [2.45, 2.75) is 140 Å². The summed E-state index contributed by atoms with van der Waals surface area (Å²) in [5.74, 6) is -0.777. The Morgan fingerprint density at radius 3 is 1.23 bits per heavy atom. The van der Waals surface area contributed by atoms with E-state index in [0.717, 1.165) is 25.7 Å². The van der Waals surface area contributed by atoms with Crippen LogP contribution in [0.4, 0.5) is 0 Å². The van der Waals surface area contributed by atoms with Crippen LogP contribution in [0.2, 0.25) is 13.1 Å². The first-order valence-electron chi connectivity index (χ1n) is 21.6. The second-order valence-electron chi connectivity index (χ2n) is 20.4. The van der Waals surface area contributed by atoms with E-state index in [0.29, 0.717) is 11.8 Å². The number of aryl methyl sites for hydroxylation is 2. The molecule has 0 radical (unpaired) electrons. The summed E-state index contributed by atoms with van der Waals surface area (Å²) in [6, 6.07) is 28.0. The van der Waals surface area contributed by atoms with Crippen molar-refractivity contribution in [1.29, 1.82) is 0 Å². The van der Waals surface area contributed by atoms with Crippen LogP contribution in [0.15, 0.2) is 83.9 Å². The number of allylic oxidation sites excluding steroid dienone is 2. The Morgan fingerprint density at radius 2 is 0.929 bits per heavy atom. The summed E-state index contributed by atoms with van der Waals surface area (Å²) >= 11 is -5.07. The molecule has 4 aromatic carbocycles. The molecule has 0 bridgehead atoms. The van der Waals surface area contributed by atoms with Crippen LogP contribution in [0.3, 0.4) is 0 Å². The predicted octanol–water partition coefficient (Wildman–Crippen LogP) is 16.4. The summed E-state index contributed by atoms with van der Waals surface area (Å²) in [5, 5.41) is 0. The average molecular weight is 884 g/mol. The van der Waals surface area contributed by atoms with Gasteiger partial charge >= 0.3 is 353 Å². The molecular formula is C52H69Cl2SiZr. The Hall–Kier alpha value is -1.96. The van der Waals surface area contributed by atoms with Gasteiger partial charge in [-0.15, -0.1) is 0 Å². The second kappa shape index (κ2) is 15.9. The summed E-state index contributed by atoms with van der Waals surface area (Å²) in [7, 11) is 18.2. The minimum atomic E-state index is -5.07. The molecule has 2 aliphatic rings. The van der Waals surface area contributed by atoms with Crippen LogP contribution < -0.4 is 0 Å². The van der Waals surface area contributed by atoms with Crippen molar-refractivity contribution in [2.24, 2.45) is 11.8 Å². The zero-order valence-electron chi connectivity index (χ0n) is 37.1. The number of fused-ring (bicyclic) bond motifs is 2. The van der Waals surface area contributed by atoms with Gasteiger partial charge in [0, 0.05) is 0 Å². The molecule has 0 saturated carbocycles. The molecule has 0 nitrogen and oxygen atoms in total. The summed E-state index contributed by atoms with van der Waals surface area (Å²) in [6.45, 7) is 33.3. The van der Waals surface area contributed by atoms with Crippen molar-refractivity contribution < 1.29 is 15.6 Å². The van der Waals surface area contributed by atoms with Gasteiger partial charge in [-0.25, -0.2) is 0 Å². The first-order chi connectivity index (χ1) is 26.1. The fourth-order valence-electron chi connectivity index (χ4n) is 10.4. The Bertz CT molecular complexity index is 2040. The SMILES string of the molecule is CCc1ccccc1-c1c(C(C)(C)C)ccc2c1C=C(CC(C)C)[CH]2[Zr]([Cl])([Cl])([CH]1C(CC(C)C)=Cc2c1ccc(C(C)(C)C)c2-c1ccccc1CC)[SiH](C)C. The number of halogens is 2. The quantitative estimate of drug-likeness (QED) is 0.132. The summed E-state index contributed by atoms with van der Waals surface area (Å²) in [5.41, 5.74) is 19.5.